The smallest absolute Gasteiger partial charge is 0.339 e. The van der Waals surface area contributed by atoms with Crippen molar-refractivity contribution in [2.75, 3.05) is 12.9 Å². The topological polar surface area (TPSA) is 43.4 Å². The number of carbonyl (C=O) groups is 2. The van der Waals surface area contributed by atoms with Crippen molar-refractivity contribution >= 4 is 35.1 Å². The highest BCUT2D eigenvalue weighted by Gasteiger charge is 2.21. The van der Waals surface area contributed by atoms with Crippen LogP contribution in [0.15, 0.2) is 23.1 Å². The largest absolute Gasteiger partial charge is 0.462 e. The van der Waals surface area contributed by atoms with Crippen molar-refractivity contribution in [2.45, 2.75) is 24.1 Å². The summed E-state index contributed by atoms with van der Waals surface area (Å²) in [6.45, 7) is 3.66. The van der Waals surface area contributed by atoms with Gasteiger partial charge in [0.05, 0.1) is 17.5 Å². The van der Waals surface area contributed by atoms with Gasteiger partial charge in [0.2, 0.25) is 0 Å². The highest BCUT2D eigenvalue weighted by molar-refractivity contribution is 7.98. The van der Waals surface area contributed by atoms with Crippen LogP contribution in [0.4, 0.5) is 0 Å². The summed E-state index contributed by atoms with van der Waals surface area (Å²) < 4.78 is 4.97. The maximum atomic E-state index is 12.0. The Morgan fingerprint density at radius 3 is 2.50 bits per heavy atom. The number of Topliss-reactive ketones (excluding diaryl/α,β-unsaturated/α-hetero) is 1. The molecule has 0 fully saturated rings. The van der Waals surface area contributed by atoms with Crippen LogP contribution in [0.1, 0.15) is 34.6 Å². The van der Waals surface area contributed by atoms with Gasteiger partial charge >= 0.3 is 5.97 Å². The van der Waals surface area contributed by atoms with Gasteiger partial charge in [0.25, 0.3) is 0 Å². The lowest BCUT2D eigenvalue weighted by atomic mass is 10.1. The highest BCUT2D eigenvalue weighted by Crippen LogP contribution is 2.27. The molecule has 0 spiro atoms. The summed E-state index contributed by atoms with van der Waals surface area (Å²) in [5, 5.41) is -0.617. The van der Waals surface area contributed by atoms with Gasteiger partial charge in [0, 0.05) is 10.5 Å². The van der Waals surface area contributed by atoms with Crippen LogP contribution in [0.2, 0.25) is 0 Å². The molecule has 1 unspecified atom stereocenters. The second-order valence-electron chi connectivity index (χ2n) is 3.59. The van der Waals surface area contributed by atoms with Crippen LogP contribution in [0.5, 0.6) is 0 Å². The molecule has 1 rings (SSSR count). The predicted molar refractivity (Wildman–Crippen MR) is 73.8 cm³/mol. The number of benzene rings is 1. The molecule has 0 bridgehead atoms. The number of alkyl halides is 1. The van der Waals surface area contributed by atoms with Crippen molar-refractivity contribution in [3.05, 3.63) is 29.3 Å². The first-order valence-electron chi connectivity index (χ1n) is 5.55. The van der Waals surface area contributed by atoms with Crippen molar-refractivity contribution in [3.63, 3.8) is 0 Å². The van der Waals surface area contributed by atoms with Gasteiger partial charge in [0.1, 0.15) is 0 Å². The molecule has 3 nitrogen and oxygen atoms in total. The molecule has 1 aromatic rings. The minimum atomic E-state index is -0.617. The molecule has 1 atom stereocenters. The van der Waals surface area contributed by atoms with Gasteiger partial charge in [-0.15, -0.1) is 23.4 Å². The van der Waals surface area contributed by atoms with E-state index in [1.165, 1.54) is 11.8 Å². The van der Waals surface area contributed by atoms with Gasteiger partial charge in [-0.05, 0) is 26.2 Å². The predicted octanol–water partition coefficient (Wildman–Crippen LogP) is 3.40. The highest BCUT2D eigenvalue weighted by atomic mass is 35.5. The van der Waals surface area contributed by atoms with Crippen molar-refractivity contribution in [1.82, 2.24) is 0 Å². The lowest BCUT2D eigenvalue weighted by Crippen LogP contribution is -2.14. The molecular formula is C13H15ClO3S. The molecule has 0 aliphatic carbocycles. The number of thioether (sulfide) groups is 1. The summed E-state index contributed by atoms with van der Waals surface area (Å²) in [5.74, 6) is -0.606. The van der Waals surface area contributed by atoms with Crippen molar-refractivity contribution in [2.24, 2.45) is 0 Å². The van der Waals surface area contributed by atoms with E-state index >= 15 is 0 Å². The lowest BCUT2D eigenvalue weighted by Gasteiger charge is -2.12. The average Bonchev–Trinajstić information content (AvgIpc) is 2.36. The molecule has 0 aliphatic rings. The number of ether oxygens (including phenoxy) is 1. The van der Waals surface area contributed by atoms with Gasteiger partial charge in [-0.1, -0.05) is 12.1 Å². The fourth-order valence-corrected chi connectivity index (χ4v) is 2.41. The fourth-order valence-electron chi connectivity index (χ4n) is 1.53. The lowest BCUT2D eigenvalue weighted by molar-refractivity contribution is 0.0522. The number of rotatable bonds is 5. The van der Waals surface area contributed by atoms with Gasteiger partial charge in [-0.3, -0.25) is 4.79 Å². The molecule has 0 saturated heterocycles. The molecule has 18 heavy (non-hydrogen) atoms. The second-order valence-corrected chi connectivity index (χ2v) is 5.06. The molecule has 0 N–H and O–H groups in total. The summed E-state index contributed by atoms with van der Waals surface area (Å²) in [6.07, 6.45) is 1.81. The number of ketones is 1. The Morgan fingerprint density at radius 1 is 1.39 bits per heavy atom. The number of halogens is 1. The van der Waals surface area contributed by atoms with Crippen LogP contribution >= 0.6 is 23.4 Å². The summed E-state index contributed by atoms with van der Waals surface area (Å²) >= 11 is 7.15. The molecule has 0 aromatic heterocycles. The molecule has 98 valence electrons. The number of carbonyl (C=O) groups excluding carboxylic acids is 2. The SMILES string of the molecule is CCOC(=O)c1cccc(C(=O)C(C)Cl)c1SC. The average molecular weight is 287 g/mol. The molecule has 5 heteroatoms. The zero-order chi connectivity index (χ0) is 13.7. The third-order valence-corrected chi connectivity index (χ3v) is 3.39. The summed E-state index contributed by atoms with van der Waals surface area (Å²) in [5.41, 5.74) is 0.878. The van der Waals surface area contributed by atoms with Gasteiger partial charge < -0.3 is 4.74 Å². The van der Waals surface area contributed by atoms with Gasteiger partial charge in [0.15, 0.2) is 5.78 Å². The van der Waals surface area contributed by atoms with E-state index in [1.807, 2.05) is 6.26 Å². The van der Waals surface area contributed by atoms with Crippen LogP contribution in [-0.4, -0.2) is 30.0 Å². The van der Waals surface area contributed by atoms with Crippen LogP contribution in [0.3, 0.4) is 0 Å². The Hall–Kier alpha value is -1.00. The first-order chi connectivity index (χ1) is 8.52. The van der Waals surface area contributed by atoms with E-state index in [0.717, 1.165) is 0 Å². The van der Waals surface area contributed by atoms with Crippen LogP contribution < -0.4 is 0 Å². The molecule has 0 heterocycles. The molecule has 0 amide bonds. The Kier molecular flexibility index (Phi) is 5.69. The fraction of sp³-hybridized carbons (Fsp3) is 0.385. The standard InChI is InChI=1S/C13H15ClO3S/c1-4-17-13(16)10-7-5-6-9(12(10)18-3)11(15)8(2)14/h5-8H,4H2,1-3H3. The first kappa shape index (κ1) is 15.1. The van der Waals surface area contributed by atoms with E-state index in [0.29, 0.717) is 22.6 Å². The van der Waals surface area contributed by atoms with Crippen molar-refractivity contribution < 1.29 is 14.3 Å². The Balaban J connectivity index is 3.26. The van der Waals surface area contributed by atoms with E-state index in [1.54, 1.807) is 32.0 Å². The Labute approximate surface area is 116 Å². The molecule has 0 radical (unpaired) electrons. The maximum absolute atomic E-state index is 12.0. The number of esters is 1. The van der Waals surface area contributed by atoms with Crippen LogP contribution in [0, 0.1) is 0 Å². The second kappa shape index (κ2) is 6.81. The zero-order valence-electron chi connectivity index (χ0n) is 10.5. The van der Waals surface area contributed by atoms with Crippen LogP contribution in [0.25, 0.3) is 0 Å². The van der Waals surface area contributed by atoms with E-state index < -0.39 is 11.3 Å². The third-order valence-electron chi connectivity index (χ3n) is 2.34. The monoisotopic (exact) mass is 286 g/mol. The van der Waals surface area contributed by atoms with E-state index in [4.69, 9.17) is 16.3 Å². The molecule has 0 saturated carbocycles. The van der Waals surface area contributed by atoms with Crippen LogP contribution in [-0.2, 0) is 4.74 Å². The van der Waals surface area contributed by atoms with E-state index in [9.17, 15) is 9.59 Å². The first-order valence-corrected chi connectivity index (χ1v) is 7.21. The number of hydrogen-bond acceptors (Lipinski definition) is 4. The summed E-state index contributed by atoms with van der Waals surface area (Å²) in [6, 6.07) is 4.99. The number of hydrogen-bond donors (Lipinski definition) is 0. The normalized spacial score (nSPS) is 12.0. The quantitative estimate of drug-likeness (QED) is 0.360. The molecule has 0 aliphatic heterocycles. The van der Waals surface area contributed by atoms with Gasteiger partial charge in [-0.25, -0.2) is 4.79 Å². The minimum Gasteiger partial charge on any atom is -0.462 e. The zero-order valence-corrected chi connectivity index (χ0v) is 12.1. The van der Waals surface area contributed by atoms with E-state index in [2.05, 4.69) is 0 Å². The van der Waals surface area contributed by atoms with E-state index in [-0.39, 0.29) is 5.78 Å². The minimum absolute atomic E-state index is 0.188. The summed E-state index contributed by atoms with van der Waals surface area (Å²) in [7, 11) is 0. The third kappa shape index (κ3) is 3.27. The maximum Gasteiger partial charge on any atom is 0.339 e. The van der Waals surface area contributed by atoms with Crippen molar-refractivity contribution in [3.8, 4) is 0 Å². The Morgan fingerprint density at radius 2 is 2.00 bits per heavy atom. The molecular weight excluding hydrogens is 272 g/mol. The Bertz CT molecular complexity index is 458. The van der Waals surface area contributed by atoms with Crippen molar-refractivity contribution in [1.29, 1.82) is 0 Å². The summed E-state index contributed by atoms with van der Waals surface area (Å²) in [4.78, 5) is 24.4. The molecule has 1 aromatic carbocycles. The van der Waals surface area contributed by atoms with Gasteiger partial charge in [-0.2, -0.15) is 0 Å².